The first-order chi connectivity index (χ1) is 18.3. The van der Waals surface area contributed by atoms with E-state index in [-0.39, 0.29) is 43.3 Å². The maximum atomic E-state index is 13.1. The van der Waals surface area contributed by atoms with Crippen molar-refractivity contribution in [2.45, 2.75) is 49.3 Å². The molecule has 3 aliphatic rings. The Morgan fingerprint density at radius 3 is 2.71 bits per heavy atom. The van der Waals surface area contributed by atoms with E-state index < -0.39 is 28.3 Å². The van der Waals surface area contributed by atoms with Gasteiger partial charge in [0.15, 0.2) is 17.6 Å². The Balaban J connectivity index is 1.11. The topological polar surface area (TPSA) is 145 Å². The van der Waals surface area contributed by atoms with Gasteiger partial charge in [-0.1, -0.05) is 29.3 Å². The molecule has 3 aromatic heterocycles. The molecule has 0 aliphatic carbocycles. The summed E-state index contributed by atoms with van der Waals surface area (Å²) >= 11 is 6.54. The SMILES string of the molecule is Cc1ccc(S(=O)(=O)N2Cc3cn(-c4nc5nc(O[C@@H]6CO[C@H]7[C@@H]6OC[C@H]7O)[nH]c5cc4Cl)nc3C2)cc1. The Morgan fingerprint density at radius 2 is 1.92 bits per heavy atom. The number of nitrogens with one attached hydrogen (secondary N) is 1. The minimum atomic E-state index is -3.64. The normalized spacial score (nSPS) is 25.2. The van der Waals surface area contributed by atoms with Crippen LogP contribution < -0.4 is 4.74 Å². The molecule has 4 aromatic rings. The molecular formula is C24H23ClN6O6S. The quantitative estimate of drug-likeness (QED) is 0.374. The third-order valence-corrected chi connectivity index (χ3v) is 9.14. The van der Waals surface area contributed by atoms with Crippen molar-refractivity contribution < 1.29 is 27.7 Å². The number of imidazole rings is 1. The van der Waals surface area contributed by atoms with Gasteiger partial charge in [-0.25, -0.2) is 18.1 Å². The number of H-pyrrole nitrogens is 1. The molecule has 0 unspecified atom stereocenters. The molecule has 2 N–H and O–H groups in total. The Morgan fingerprint density at radius 1 is 1.13 bits per heavy atom. The zero-order chi connectivity index (χ0) is 26.2. The first-order valence-corrected chi connectivity index (χ1v) is 13.9. The average Bonchev–Trinajstić information content (AvgIpc) is 3.67. The number of aliphatic hydroxyl groups is 1. The van der Waals surface area contributed by atoms with Gasteiger partial charge in [0, 0.05) is 18.3 Å². The highest BCUT2D eigenvalue weighted by Gasteiger charge is 2.48. The predicted octanol–water partition coefficient (Wildman–Crippen LogP) is 1.72. The molecule has 7 rings (SSSR count). The second-order valence-corrected chi connectivity index (χ2v) is 12.0. The number of ether oxygens (including phenoxy) is 3. The molecule has 14 heteroatoms. The standard InChI is InChI=1S/C24H23ClN6O6S/c1-12-2-4-14(5-3-12)38(33,34)30-7-13-8-31(29-17(13)9-30)23-15(25)6-16-22(27-23)28-24(26-16)37-19-11-36-20-18(32)10-35-21(19)20/h2-6,8,18-21,32H,7,9-11H2,1H3,(H,26,27,28)/t18-,19-,20-,21-/m1/s1. The molecular weight excluding hydrogens is 536 g/mol. The molecule has 0 saturated carbocycles. The molecule has 0 bridgehead atoms. The number of aromatic nitrogens is 5. The highest BCUT2D eigenvalue weighted by Crippen LogP contribution is 2.32. The van der Waals surface area contributed by atoms with E-state index in [1.807, 2.05) is 6.92 Å². The van der Waals surface area contributed by atoms with Crippen molar-refractivity contribution in [1.82, 2.24) is 29.0 Å². The van der Waals surface area contributed by atoms with Crippen LogP contribution in [0.5, 0.6) is 6.01 Å². The number of aromatic amines is 1. The number of hydrogen-bond donors (Lipinski definition) is 2. The summed E-state index contributed by atoms with van der Waals surface area (Å²) in [7, 11) is -3.64. The lowest BCUT2D eigenvalue weighted by Gasteiger charge is -2.16. The largest absolute Gasteiger partial charge is 0.456 e. The number of hydrogen-bond acceptors (Lipinski definition) is 9. The van der Waals surface area contributed by atoms with E-state index in [0.29, 0.717) is 27.7 Å². The highest BCUT2D eigenvalue weighted by atomic mass is 35.5. The predicted molar refractivity (Wildman–Crippen MR) is 134 cm³/mol. The van der Waals surface area contributed by atoms with Gasteiger partial charge in [-0.15, -0.1) is 0 Å². The van der Waals surface area contributed by atoms with E-state index in [1.54, 1.807) is 41.2 Å². The van der Waals surface area contributed by atoms with Gasteiger partial charge in [0.05, 0.1) is 40.9 Å². The molecule has 1 aromatic carbocycles. The van der Waals surface area contributed by atoms with Crippen molar-refractivity contribution in [3.8, 4) is 11.8 Å². The van der Waals surface area contributed by atoms with E-state index in [1.165, 1.54) is 4.31 Å². The summed E-state index contributed by atoms with van der Waals surface area (Å²) in [6, 6.07) is 8.71. The van der Waals surface area contributed by atoms with Crippen LogP contribution in [0.4, 0.5) is 0 Å². The second kappa shape index (κ2) is 8.73. The molecule has 12 nitrogen and oxygen atoms in total. The first kappa shape index (κ1) is 24.0. The van der Waals surface area contributed by atoms with Crippen molar-refractivity contribution in [3.63, 3.8) is 0 Å². The first-order valence-electron chi connectivity index (χ1n) is 12.0. The van der Waals surface area contributed by atoms with Crippen LogP contribution in [0.2, 0.25) is 5.02 Å². The number of pyridine rings is 1. The molecule has 198 valence electrons. The fraction of sp³-hybridized carbons (Fsp3) is 0.375. The number of benzene rings is 1. The van der Waals surface area contributed by atoms with Gasteiger partial charge in [-0.3, -0.25) is 0 Å². The molecule has 2 saturated heterocycles. The molecule has 6 heterocycles. The van der Waals surface area contributed by atoms with Gasteiger partial charge in [0.25, 0.3) is 6.01 Å². The van der Waals surface area contributed by atoms with Crippen LogP contribution >= 0.6 is 11.6 Å². The Kier molecular flexibility index (Phi) is 5.51. The van der Waals surface area contributed by atoms with Crippen molar-refractivity contribution in [3.05, 3.63) is 58.4 Å². The third kappa shape index (κ3) is 3.89. The molecule has 2 fully saturated rings. The van der Waals surface area contributed by atoms with E-state index >= 15 is 0 Å². The molecule has 4 atom stereocenters. The van der Waals surface area contributed by atoms with Gasteiger partial charge >= 0.3 is 0 Å². The summed E-state index contributed by atoms with van der Waals surface area (Å²) in [6.45, 7) is 2.75. The highest BCUT2D eigenvalue weighted by molar-refractivity contribution is 7.89. The van der Waals surface area contributed by atoms with Crippen LogP contribution in [0, 0.1) is 6.92 Å². The lowest BCUT2D eigenvalue weighted by Crippen LogP contribution is -2.34. The maximum absolute atomic E-state index is 13.1. The van der Waals surface area contributed by atoms with Gasteiger partial charge in [0.2, 0.25) is 10.0 Å². The second-order valence-electron chi connectivity index (χ2n) is 9.66. The van der Waals surface area contributed by atoms with Crippen LogP contribution in [0.1, 0.15) is 16.8 Å². The minimum absolute atomic E-state index is 0.154. The van der Waals surface area contributed by atoms with Crippen LogP contribution in [0.15, 0.2) is 41.4 Å². The number of aryl methyl sites for hydroxylation is 1. The number of halogens is 1. The van der Waals surface area contributed by atoms with E-state index in [4.69, 9.17) is 25.8 Å². The number of fused-ring (bicyclic) bond motifs is 3. The molecule has 0 spiro atoms. The van der Waals surface area contributed by atoms with Gasteiger partial charge in [0.1, 0.15) is 18.3 Å². The summed E-state index contributed by atoms with van der Waals surface area (Å²) in [4.78, 5) is 12.3. The summed E-state index contributed by atoms with van der Waals surface area (Å²) < 4.78 is 46.2. The zero-order valence-electron chi connectivity index (χ0n) is 20.1. The molecule has 0 amide bonds. The average molecular weight is 559 g/mol. The summed E-state index contributed by atoms with van der Waals surface area (Å²) in [5, 5.41) is 14.8. The van der Waals surface area contributed by atoms with E-state index in [2.05, 4.69) is 20.1 Å². The Hall–Kier alpha value is -3.07. The van der Waals surface area contributed by atoms with E-state index in [0.717, 1.165) is 11.1 Å². The van der Waals surface area contributed by atoms with Crippen LogP contribution in [-0.2, 0) is 32.6 Å². The van der Waals surface area contributed by atoms with Crippen molar-refractivity contribution in [1.29, 1.82) is 0 Å². The van der Waals surface area contributed by atoms with Crippen LogP contribution in [-0.4, -0.2) is 80.2 Å². The van der Waals surface area contributed by atoms with Crippen LogP contribution in [0.3, 0.4) is 0 Å². The van der Waals surface area contributed by atoms with Crippen molar-refractivity contribution in [2.75, 3.05) is 13.2 Å². The molecule has 3 aliphatic heterocycles. The minimum Gasteiger partial charge on any atom is -0.456 e. The van der Waals surface area contributed by atoms with Crippen molar-refractivity contribution in [2.24, 2.45) is 0 Å². The summed E-state index contributed by atoms with van der Waals surface area (Å²) in [5.74, 6) is 0.367. The fourth-order valence-corrected chi connectivity index (χ4v) is 6.67. The lowest BCUT2D eigenvalue weighted by atomic mass is 10.1. The Bertz CT molecular complexity index is 1630. The Labute approximate surface area is 222 Å². The molecule has 38 heavy (non-hydrogen) atoms. The van der Waals surface area contributed by atoms with Crippen molar-refractivity contribution >= 4 is 32.8 Å². The number of aliphatic hydroxyl groups excluding tert-OH is 1. The third-order valence-electron chi connectivity index (χ3n) is 7.06. The maximum Gasteiger partial charge on any atom is 0.296 e. The monoisotopic (exact) mass is 558 g/mol. The summed E-state index contributed by atoms with van der Waals surface area (Å²) in [6.07, 6.45) is -0.124. The number of rotatable bonds is 5. The van der Waals surface area contributed by atoms with Gasteiger partial charge < -0.3 is 24.3 Å². The fourth-order valence-electron chi connectivity index (χ4n) is 5.05. The van der Waals surface area contributed by atoms with E-state index in [9.17, 15) is 13.5 Å². The van der Waals surface area contributed by atoms with Gasteiger partial charge in [-0.2, -0.15) is 14.4 Å². The number of sulfonamides is 1. The molecule has 0 radical (unpaired) electrons. The van der Waals surface area contributed by atoms with Crippen LogP contribution in [0.25, 0.3) is 17.0 Å². The lowest BCUT2D eigenvalue weighted by molar-refractivity contribution is 0.00706. The number of nitrogens with zero attached hydrogens (tertiary/aromatic N) is 5. The summed E-state index contributed by atoms with van der Waals surface area (Å²) in [5.41, 5.74) is 3.36. The van der Waals surface area contributed by atoms with Gasteiger partial charge in [-0.05, 0) is 25.1 Å². The smallest absolute Gasteiger partial charge is 0.296 e. The zero-order valence-corrected chi connectivity index (χ0v) is 21.7.